The molecule has 2 aliphatic carbocycles. The first-order valence-electron chi connectivity index (χ1n) is 8.41. The van der Waals surface area contributed by atoms with Gasteiger partial charge >= 0.3 is 0 Å². The van der Waals surface area contributed by atoms with Crippen molar-refractivity contribution in [1.29, 1.82) is 0 Å². The van der Waals surface area contributed by atoms with Crippen LogP contribution in [0.15, 0.2) is 0 Å². The van der Waals surface area contributed by atoms with Crippen LogP contribution in [-0.2, 0) is 4.74 Å². The van der Waals surface area contributed by atoms with Crippen LogP contribution >= 0.6 is 0 Å². The number of hydrogen-bond donors (Lipinski definition) is 2. The maximum Gasteiger partial charge on any atom is 0.0690 e. The van der Waals surface area contributed by atoms with Crippen molar-refractivity contribution >= 4 is 0 Å². The molecule has 3 heteroatoms. The SMILES string of the molecule is CC(C)C(O)C(C)(C)CNC1C2CCOC2C12CCC2. The molecule has 4 atom stereocenters. The van der Waals surface area contributed by atoms with Crippen LogP contribution in [0.3, 0.4) is 0 Å². The molecule has 116 valence electrons. The molecule has 3 nitrogen and oxygen atoms in total. The summed E-state index contributed by atoms with van der Waals surface area (Å²) in [6.45, 7) is 10.4. The normalized spacial score (nSPS) is 36.6. The molecule has 0 aromatic carbocycles. The number of fused-ring (bicyclic) bond motifs is 2. The molecular formula is C17H31NO2. The predicted octanol–water partition coefficient (Wildman–Crippen LogP) is 2.58. The Hall–Kier alpha value is -0.120. The summed E-state index contributed by atoms with van der Waals surface area (Å²) < 4.78 is 5.97. The zero-order chi connectivity index (χ0) is 14.5. The highest BCUT2D eigenvalue weighted by atomic mass is 16.5. The molecule has 3 rings (SSSR count). The maximum absolute atomic E-state index is 10.4. The minimum absolute atomic E-state index is 0.0658. The highest BCUT2D eigenvalue weighted by Gasteiger charge is 2.66. The lowest BCUT2D eigenvalue weighted by Gasteiger charge is -2.64. The predicted molar refractivity (Wildman–Crippen MR) is 80.5 cm³/mol. The van der Waals surface area contributed by atoms with Gasteiger partial charge in [0.15, 0.2) is 0 Å². The summed E-state index contributed by atoms with van der Waals surface area (Å²) in [5.41, 5.74) is 0.379. The van der Waals surface area contributed by atoms with Gasteiger partial charge in [0.2, 0.25) is 0 Å². The summed E-state index contributed by atoms with van der Waals surface area (Å²) in [5, 5.41) is 14.2. The van der Waals surface area contributed by atoms with E-state index < -0.39 is 0 Å². The van der Waals surface area contributed by atoms with E-state index in [4.69, 9.17) is 4.74 Å². The summed E-state index contributed by atoms with van der Waals surface area (Å²) in [6.07, 6.45) is 5.53. The number of aliphatic hydroxyl groups is 1. The third-order valence-corrected chi connectivity index (χ3v) is 6.25. The van der Waals surface area contributed by atoms with Gasteiger partial charge in [0.25, 0.3) is 0 Å². The second-order valence-corrected chi connectivity index (χ2v) is 8.37. The van der Waals surface area contributed by atoms with Gasteiger partial charge in [-0.3, -0.25) is 0 Å². The molecule has 3 aliphatic rings. The van der Waals surface area contributed by atoms with Crippen LogP contribution in [0.25, 0.3) is 0 Å². The van der Waals surface area contributed by atoms with Gasteiger partial charge in [-0.2, -0.15) is 0 Å². The molecule has 1 spiro atoms. The average Bonchev–Trinajstić information content (AvgIpc) is 2.71. The molecule has 2 N–H and O–H groups in total. The average molecular weight is 281 g/mol. The van der Waals surface area contributed by atoms with E-state index in [-0.39, 0.29) is 11.5 Å². The van der Waals surface area contributed by atoms with Crippen LogP contribution in [0.1, 0.15) is 53.4 Å². The lowest BCUT2D eigenvalue weighted by molar-refractivity contribution is -0.178. The van der Waals surface area contributed by atoms with Gasteiger partial charge in [0.1, 0.15) is 0 Å². The molecule has 1 saturated heterocycles. The lowest BCUT2D eigenvalue weighted by atomic mass is 9.46. The Labute approximate surface area is 123 Å². The van der Waals surface area contributed by atoms with Crippen LogP contribution in [0, 0.1) is 22.7 Å². The molecule has 0 aromatic rings. The Morgan fingerprint density at radius 3 is 2.60 bits per heavy atom. The summed E-state index contributed by atoms with van der Waals surface area (Å²) in [6, 6.07) is 0.627. The summed E-state index contributed by atoms with van der Waals surface area (Å²) in [4.78, 5) is 0. The number of aliphatic hydroxyl groups excluding tert-OH is 1. The fourth-order valence-corrected chi connectivity index (χ4v) is 4.94. The minimum Gasteiger partial charge on any atom is -0.392 e. The number of ether oxygens (including phenoxy) is 1. The van der Waals surface area contributed by atoms with Crippen molar-refractivity contribution < 1.29 is 9.84 Å². The highest BCUT2D eigenvalue weighted by Crippen LogP contribution is 2.62. The molecule has 0 radical (unpaired) electrons. The van der Waals surface area contributed by atoms with Gasteiger partial charge in [0.05, 0.1) is 12.2 Å². The lowest BCUT2D eigenvalue weighted by Crippen LogP contribution is -2.71. The fraction of sp³-hybridized carbons (Fsp3) is 1.00. The topological polar surface area (TPSA) is 41.5 Å². The van der Waals surface area contributed by atoms with Crippen molar-refractivity contribution in [2.45, 2.75) is 71.6 Å². The largest absolute Gasteiger partial charge is 0.392 e. The van der Waals surface area contributed by atoms with E-state index in [9.17, 15) is 5.11 Å². The van der Waals surface area contributed by atoms with E-state index in [1.54, 1.807) is 0 Å². The van der Waals surface area contributed by atoms with E-state index in [1.807, 2.05) is 0 Å². The van der Waals surface area contributed by atoms with E-state index in [0.717, 1.165) is 19.1 Å². The van der Waals surface area contributed by atoms with Crippen molar-refractivity contribution in [3.8, 4) is 0 Å². The third-order valence-electron chi connectivity index (χ3n) is 6.25. The van der Waals surface area contributed by atoms with Gasteiger partial charge in [-0.25, -0.2) is 0 Å². The van der Waals surface area contributed by atoms with Crippen molar-refractivity contribution in [2.24, 2.45) is 22.7 Å². The summed E-state index contributed by atoms with van der Waals surface area (Å²) in [5.74, 6) is 1.04. The second-order valence-electron chi connectivity index (χ2n) is 8.37. The molecule has 2 saturated carbocycles. The molecule has 0 amide bonds. The first-order chi connectivity index (χ1) is 9.38. The molecule has 0 bridgehead atoms. The van der Waals surface area contributed by atoms with Crippen molar-refractivity contribution in [3.05, 3.63) is 0 Å². The molecule has 20 heavy (non-hydrogen) atoms. The number of rotatable bonds is 5. The minimum atomic E-state index is -0.247. The highest BCUT2D eigenvalue weighted by molar-refractivity contribution is 5.18. The standard InChI is InChI=1S/C17H31NO2/c1-11(2)14(19)16(3,4)10-18-13-12-6-9-20-15(12)17(13)7-5-8-17/h11-15,18-19H,5-10H2,1-4H3. The van der Waals surface area contributed by atoms with Crippen molar-refractivity contribution in [2.75, 3.05) is 13.2 Å². The van der Waals surface area contributed by atoms with Crippen LogP contribution in [-0.4, -0.2) is 36.5 Å². The van der Waals surface area contributed by atoms with Crippen LogP contribution in [0.2, 0.25) is 0 Å². The van der Waals surface area contributed by atoms with Gasteiger partial charge in [-0.05, 0) is 25.2 Å². The quantitative estimate of drug-likeness (QED) is 0.814. The molecule has 4 unspecified atom stereocenters. The monoisotopic (exact) mass is 281 g/mol. The molecule has 1 aliphatic heterocycles. The molecule has 1 heterocycles. The maximum atomic E-state index is 10.4. The third kappa shape index (κ3) is 2.05. The van der Waals surface area contributed by atoms with Crippen molar-refractivity contribution in [1.82, 2.24) is 5.32 Å². The van der Waals surface area contributed by atoms with Crippen LogP contribution < -0.4 is 5.32 Å². The van der Waals surface area contributed by atoms with E-state index >= 15 is 0 Å². The van der Waals surface area contributed by atoms with Gasteiger partial charge in [-0.1, -0.05) is 34.1 Å². The Bertz CT molecular complexity index is 362. The smallest absolute Gasteiger partial charge is 0.0690 e. The van der Waals surface area contributed by atoms with Crippen LogP contribution in [0.4, 0.5) is 0 Å². The van der Waals surface area contributed by atoms with Gasteiger partial charge in [0, 0.05) is 35.9 Å². The molecule has 0 aromatic heterocycles. The zero-order valence-electron chi connectivity index (χ0n) is 13.5. The van der Waals surface area contributed by atoms with E-state index in [2.05, 4.69) is 33.0 Å². The summed E-state index contributed by atoms with van der Waals surface area (Å²) in [7, 11) is 0. The van der Waals surface area contributed by atoms with Gasteiger partial charge in [-0.15, -0.1) is 0 Å². The number of nitrogens with one attached hydrogen (secondary N) is 1. The Balaban J connectivity index is 1.61. The fourth-order valence-electron chi connectivity index (χ4n) is 4.94. The summed E-state index contributed by atoms with van der Waals surface area (Å²) >= 11 is 0. The second kappa shape index (κ2) is 4.96. The first-order valence-corrected chi connectivity index (χ1v) is 8.41. The van der Waals surface area contributed by atoms with E-state index in [1.165, 1.54) is 25.7 Å². The van der Waals surface area contributed by atoms with Gasteiger partial charge < -0.3 is 15.2 Å². The molecule has 3 fully saturated rings. The first kappa shape index (κ1) is 14.8. The Morgan fingerprint density at radius 2 is 2.05 bits per heavy atom. The zero-order valence-corrected chi connectivity index (χ0v) is 13.5. The Kier molecular flexibility index (Phi) is 3.67. The van der Waals surface area contributed by atoms with E-state index in [0.29, 0.717) is 23.5 Å². The van der Waals surface area contributed by atoms with Crippen molar-refractivity contribution in [3.63, 3.8) is 0 Å². The van der Waals surface area contributed by atoms with Crippen LogP contribution in [0.5, 0.6) is 0 Å². The molecular weight excluding hydrogens is 250 g/mol. The Morgan fingerprint density at radius 1 is 1.35 bits per heavy atom. The number of hydrogen-bond acceptors (Lipinski definition) is 3.